The molecule has 4 nitrogen and oxygen atoms in total. The Morgan fingerprint density at radius 3 is 2.84 bits per heavy atom. The summed E-state index contributed by atoms with van der Waals surface area (Å²) in [4.78, 5) is 11.8. The third-order valence-corrected chi connectivity index (χ3v) is 3.21. The second-order valence-corrected chi connectivity index (χ2v) is 5.55. The van der Waals surface area contributed by atoms with E-state index in [0.29, 0.717) is 40.4 Å². The third kappa shape index (κ3) is 5.38. The average molecular weight is 350 g/mol. The summed E-state index contributed by atoms with van der Waals surface area (Å²) in [5.41, 5.74) is 6.19. The third-order valence-electron chi connectivity index (χ3n) is 2.40. The highest BCUT2D eigenvalue weighted by molar-refractivity contribution is 9.10. The molecule has 1 amide bonds. The molecule has 0 aromatic heterocycles. The molecule has 6 heteroatoms. The average Bonchev–Trinajstić information content (AvgIpc) is 2.31. The predicted molar refractivity (Wildman–Crippen MR) is 81.8 cm³/mol. The van der Waals surface area contributed by atoms with E-state index >= 15 is 0 Å². The zero-order valence-corrected chi connectivity index (χ0v) is 13.3. The number of nitrogens with two attached hydrogens (primary N) is 1. The Bertz CT molecular complexity index is 453. The van der Waals surface area contributed by atoms with Crippen molar-refractivity contribution in [1.82, 2.24) is 0 Å². The zero-order valence-electron chi connectivity index (χ0n) is 11.0. The molecule has 3 N–H and O–H groups in total. The van der Waals surface area contributed by atoms with Crippen molar-refractivity contribution in [3.8, 4) is 5.75 Å². The lowest BCUT2D eigenvalue weighted by molar-refractivity contribution is -0.116. The molecule has 1 atom stereocenters. The van der Waals surface area contributed by atoms with Crippen LogP contribution in [-0.2, 0) is 4.79 Å². The molecule has 0 bridgehead atoms. The van der Waals surface area contributed by atoms with Gasteiger partial charge in [0.05, 0.1) is 16.8 Å². The predicted octanol–water partition coefficient (Wildman–Crippen LogP) is 3.57. The molecule has 1 unspecified atom stereocenters. The van der Waals surface area contributed by atoms with Gasteiger partial charge in [-0.25, -0.2) is 0 Å². The Labute approximate surface area is 126 Å². The molecule has 19 heavy (non-hydrogen) atoms. The molecule has 1 aromatic rings. The number of amides is 1. The quantitative estimate of drug-likeness (QED) is 0.825. The smallest absolute Gasteiger partial charge is 0.224 e. The van der Waals surface area contributed by atoms with Crippen molar-refractivity contribution in [2.24, 2.45) is 5.73 Å². The molecule has 0 aliphatic heterocycles. The summed E-state index contributed by atoms with van der Waals surface area (Å²) in [6.45, 7) is 4.25. The van der Waals surface area contributed by atoms with Crippen LogP contribution in [-0.4, -0.2) is 18.6 Å². The van der Waals surface area contributed by atoms with Crippen LogP contribution >= 0.6 is 27.5 Å². The molecule has 1 rings (SSSR count). The number of carbonyl (C=O) groups excluding carboxylic acids is 1. The number of anilines is 1. The number of nitrogens with one attached hydrogen (secondary N) is 1. The zero-order chi connectivity index (χ0) is 14.4. The summed E-state index contributed by atoms with van der Waals surface area (Å²) in [5.74, 6) is 0.480. The van der Waals surface area contributed by atoms with Crippen molar-refractivity contribution < 1.29 is 9.53 Å². The lowest BCUT2D eigenvalue weighted by Gasteiger charge is -2.14. The lowest BCUT2D eigenvalue weighted by atomic mass is 10.2. The summed E-state index contributed by atoms with van der Waals surface area (Å²) in [6.07, 6.45) is 1.00. The van der Waals surface area contributed by atoms with Gasteiger partial charge in [-0.3, -0.25) is 4.79 Å². The van der Waals surface area contributed by atoms with Gasteiger partial charge in [-0.1, -0.05) is 11.6 Å². The molecule has 0 saturated carbocycles. The summed E-state index contributed by atoms with van der Waals surface area (Å²) >= 11 is 9.35. The first-order valence-electron chi connectivity index (χ1n) is 6.11. The van der Waals surface area contributed by atoms with Crippen molar-refractivity contribution >= 4 is 39.1 Å². The molecular formula is C13H18BrClN2O2. The molecule has 0 spiro atoms. The van der Waals surface area contributed by atoms with Gasteiger partial charge < -0.3 is 15.8 Å². The monoisotopic (exact) mass is 348 g/mol. The van der Waals surface area contributed by atoms with E-state index in [4.69, 9.17) is 22.1 Å². The van der Waals surface area contributed by atoms with Gasteiger partial charge in [0.15, 0.2) is 5.75 Å². The number of benzene rings is 1. The van der Waals surface area contributed by atoms with Crippen LogP contribution in [0.4, 0.5) is 5.69 Å². The number of hydrogen-bond acceptors (Lipinski definition) is 3. The van der Waals surface area contributed by atoms with Crippen LogP contribution in [0.5, 0.6) is 5.75 Å². The molecule has 0 aliphatic rings. The first kappa shape index (κ1) is 16.3. The van der Waals surface area contributed by atoms with Crippen molar-refractivity contribution in [1.29, 1.82) is 0 Å². The molecular weight excluding hydrogens is 332 g/mol. The van der Waals surface area contributed by atoms with Crippen molar-refractivity contribution in [3.05, 3.63) is 21.6 Å². The molecule has 1 aromatic carbocycles. The van der Waals surface area contributed by atoms with Crippen LogP contribution in [0.25, 0.3) is 0 Å². The van der Waals surface area contributed by atoms with Gasteiger partial charge in [-0.15, -0.1) is 0 Å². The molecule has 0 radical (unpaired) electrons. The fourth-order valence-corrected chi connectivity index (χ4v) is 2.44. The van der Waals surface area contributed by atoms with Crippen LogP contribution < -0.4 is 15.8 Å². The molecule has 0 saturated heterocycles. The van der Waals surface area contributed by atoms with Gasteiger partial charge in [0, 0.05) is 17.5 Å². The van der Waals surface area contributed by atoms with Gasteiger partial charge in [0.25, 0.3) is 0 Å². The number of rotatable bonds is 6. The SMILES string of the molecule is CCOc1c(Br)cc(Cl)cc1NC(=O)CCC(C)N. The molecule has 0 aliphatic carbocycles. The molecule has 0 heterocycles. The van der Waals surface area contributed by atoms with Gasteiger partial charge in [0.1, 0.15) is 0 Å². The highest BCUT2D eigenvalue weighted by Crippen LogP contribution is 2.36. The molecule has 106 valence electrons. The summed E-state index contributed by atoms with van der Waals surface area (Å²) < 4.78 is 6.22. The van der Waals surface area contributed by atoms with Gasteiger partial charge in [-0.2, -0.15) is 0 Å². The van der Waals surface area contributed by atoms with Crippen molar-refractivity contribution in [2.75, 3.05) is 11.9 Å². The molecule has 0 fully saturated rings. The fourth-order valence-electron chi connectivity index (χ4n) is 1.52. The standard InChI is InChI=1S/C13H18BrClN2O2/c1-3-19-13-10(14)6-9(15)7-11(13)17-12(18)5-4-8(2)16/h6-8H,3-5,16H2,1-2H3,(H,17,18). The van der Waals surface area contributed by atoms with Crippen LogP contribution in [0.15, 0.2) is 16.6 Å². The van der Waals surface area contributed by atoms with E-state index in [1.54, 1.807) is 12.1 Å². The topological polar surface area (TPSA) is 64.3 Å². The Kier molecular flexibility index (Phi) is 6.62. The minimum atomic E-state index is -0.104. The van der Waals surface area contributed by atoms with E-state index in [1.165, 1.54) is 0 Å². The second-order valence-electron chi connectivity index (χ2n) is 4.26. The first-order valence-corrected chi connectivity index (χ1v) is 7.28. The van der Waals surface area contributed by atoms with Crippen LogP contribution in [0.3, 0.4) is 0 Å². The van der Waals surface area contributed by atoms with E-state index in [0.717, 1.165) is 0 Å². The van der Waals surface area contributed by atoms with Crippen LogP contribution in [0, 0.1) is 0 Å². The Hall–Kier alpha value is -0.780. The number of carbonyl (C=O) groups is 1. The van der Waals surface area contributed by atoms with E-state index in [9.17, 15) is 4.79 Å². The maximum Gasteiger partial charge on any atom is 0.224 e. The summed E-state index contributed by atoms with van der Waals surface area (Å²) in [7, 11) is 0. The number of halogens is 2. The minimum absolute atomic E-state index is 0.00297. The first-order chi connectivity index (χ1) is 8.93. The maximum atomic E-state index is 11.8. The largest absolute Gasteiger partial charge is 0.491 e. The lowest BCUT2D eigenvalue weighted by Crippen LogP contribution is -2.19. The van der Waals surface area contributed by atoms with E-state index in [1.807, 2.05) is 13.8 Å². The van der Waals surface area contributed by atoms with E-state index < -0.39 is 0 Å². The van der Waals surface area contributed by atoms with Crippen molar-refractivity contribution in [3.63, 3.8) is 0 Å². The van der Waals surface area contributed by atoms with Crippen LogP contribution in [0.2, 0.25) is 5.02 Å². The van der Waals surface area contributed by atoms with Gasteiger partial charge >= 0.3 is 0 Å². The Balaban J connectivity index is 2.83. The summed E-state index contributed by atoms with van der Waals surface area (Å²) in [5, 5.41) is 3.32. The number of ether oxygens (including phenoxy) is 1. The van der Waals surface area contributed by atoms with Gasteiger partial charge in [-0.05, 0) is 48.3 Å². The van der Waals surface area contributed by atoms with Gasteiger partial charge in [0.2, 0.25) is 5.91 Å². The van der Waals surface area contributed by atoms with Crippen LogP contribution in [0.1, 0.15) is 26.7 Å². The Morgan fingerprint density at radius 1 is 1.58 bits per heavy atom. The normalized spacial score (nSPS) is 12.1. The second kappa shape index (κ2) is 7.72. The highest BCUT2D eigenvalue weighted by atomic mass is 79.9. The number of hydrogen-bond donors (Lipinski definition) is 2. The summed E-state index contributed by atoms with van der Waals surface area (Å²) in [6, 6.07) is 3.40. The van der Waals surface area contributed by atoms with E-state index in [-0.39, 0.29) is 11.9 Å². The van der Waals surface area contributed by atoms with E-state index in [2.05, 4.69) is 21.2 Å². The van der Waals surface area contributed by atoms with Crippen molar-refractivity contribution in [2.45, 2.75) is 32.7 Å². The Morgan fingerprint density at radius 2 is 2.26 bits per heavy atom. The highest BCUT2D eigenvalue weighted by Gasteiger charge is 2.13. The maximum absolute atomic E-state index is 11.8. The fraction of sp³-hybridized carbons (Fsp3) is 0.462. The minimum Gasteiger partial charge on any atom is -0.491 e.